The molecule has 0 aliphatic carbocycles. The minimum Gasteiger partial charge on any atom is -0.330 e. The first-order chi connectivity index (χ1) is 8.35. The molecule has 0 unspecified atom stereocenters. The highest BCUT2D eigenvalue weighted by molar-refractivity contribution is 4.62. The quantitative estimate of drug-likeness (QED) is 0.435. The van der Waals surface area contributed by atoms with Gasteiger partial charge in [-0.15, -0.1) is 0 Å². The zero-order valence-electron chi connectivity index (χ0n) is 11.7. The van der Waals surface area contributed by atoms with E-state index >= 15 is 0 Å². The van der Waals surface area contributed by atoms with Gasteiger partial charge in [-0.3, -0.25) is 0 Å². The minimum atomic E-state index is 0.827. The molecule has 0 radical (unpaired) electrons. The Kier molecular flexibility index (Phi) is 13.8. The summed E-state index contributed by atoms with van der Waals surface area (Å²) in [5.74, 6) is 0.843. The van der Waals surface area contributed by atoms with E-state index in [1.807, 2.05) is 0 Å². The molecule has 0 amide bonds. The predicted molar refractivity (Wildman–Crippen MR) is 77.1 cm³/mol. The molecule has 0 aliphatic rings. The Balaban J connectivity index is 3.45. The van der Waals surface area contributed by atoms with Crippen molar-refractivity contribution in [2.24, 2.45) is 17.4 Å². The van der Waals surface area contributed by atoms with Gasteiger partial charge in [-0.05, 0) is 77.0 Å². The fraction of sp³-hybridized carbons (Fsp3) is 1.00. The van der Waals surface area contributed by atoms with Gasteiger partial charge in [0.2, 0.25) is 0 Å². The van der Waals surface area contributed by atoms with Crippen LogP contribution in [0.3, 0.4) is 0 Å². The van der Waals surface area contributed by atoms with E-state index in [1.54, 1.807) is 0 Å². The fourth-order valence-corrected chi connectivity index (χ4v) is 2.19. The van der Waals surface area contributed by atoms with Crippen LogP contribution in [0.15, 0.2) is 0 Å². The maximum Gasteiger partial charge on any atom is -0.00488 e. The summed E-state index contributed by atoms with van der Waals surface area (Å²) in [6.45, 7) is 6.23. The van der Waals surface area contributed by atoms with Crippen molar-refractivity contribution >= 4 is 0 Å². The van der Waals surface area contributed by atoms with Gasteiger partial charge in [-0.2, -0.15) is 0 Å². The van der Waals surface area contributed by atoms with Gasteiger partial charge >= 0.3 is 0 Å². The van der Waals surface area contributed by atoms with Gasteiger partial charge < -0.3 is 16.8 Å². The Labute approximate surface area is 108 Å². The first-order valence-corrected chi connectivity index (χ1v) is 7.46. The Bertz CT molecular complexity index is 131. The molecule has 0 aromatic carbocycles. The molecule has 0 aliphatic heterocycles. The molecular weight excluding hydrogens is 210 g/mol. The third kappa shape index (κ3) is 12.1. The SMILES string of the molecule is CCCCNCCCC(CCCN)CCCN. The maximum absolute atomic E-state index is 5.58. The number of hydrogen-bond donors (Lipinski definition) is 3. The molecule has 0 fully saturated rings. The molecule has 5 N–H and O–H groups in total. The van der Waals surface area contributed by atoms with E-state index < -0.39 is 0 Å². The molecule has 3 nitrogen and oxygen atoms in total. The maximum atomic E-state index is 5.58. The molecule has 0 saturated heterocycles. The largest absolute Gasteiger partial charge is 0.330 e. The lowest BCUT2D eigenvalue weighted by atomic mass is 9.92. The van der Waals surface area contributed by atoms with Gasteiger partial charge in [0.1, 0.15) is 0 Å². The van der Waals surface area contributed by atoms with Crippen molar-refractivity contribution < 1.29 is 0 Å². The lowest BCUT2D eigenvalue weighted by Crippen LogP contribution is -2.18. The number of nitrogens with one attached hydrogen (secondary N) is 1. The summed E-state index contributed by atoms with van der Waals surface area (Å²) in [7, 11) is 0. The van der Waals surface area contributed by atoms with E-state index in [2.05, 4.69) is 12.2 Å². The lowest BCUT2D eigenvalue weighted by molar-refractivity contribution is 0.387. The van der Waals surface area contributed by atoms with E-state index in [-0.39, 0.29) is 0 Å². The fourth-order valence-electron chi connectivity index (χ4n) is 2.19. The van der Waals surface area contributed by atoms with E-state index in [0.29, 0.717) is 0 Å². The second-order valence-electron chi connectivity index (χ2n) is 4.97. The van der Waals surface area contributed by atoms with Crippen molar-refractivity contribution in [2.75, 3.05) is 26.2 Å². The van der Waals surface area contributed by atoms with Crippen LogP contribution in [0.1, 0.15) is 58.3 Å². The molecule has 0 aromatic heterocycles. The lowest BCUT2D eigenvalue weighted by Gasteiger charge is -2.16. The zero-order chi connectivity index (χ0) is 12.8. The van der Waals surface area contributed by atoms with Crippen molar-refractivity contribution in [3.63, 3.8) is 0 Å². The number of hydrogen-bond acceptors (Lipinski definition) is 3. The standard InChI is InChI=1S/C14H33N3/c1-2-3-12-17-13-6-9-14(7-4-10-15)8-5-11-16/h14,17H,2-13,15-16H2,1H3. The molecule has 0 spiro atoms. The van der Waals surface area contributed by atoms with Crippen molar-refractivity contribution in [3.05, 3.63) is 0 Å². The molecule has 0 atom stereocenters. The Morgan fingerprint density at radius 3 is 1.88 bits per heavy atom. The second-order valence-corrected chi connectivity index (χ2v) is 4.97. The Morgan fingerprint density at radius 1 is 0.824 bits per heavy atom. The number of unbranched alkanes of at least 4 members (excludes halogenated alkanes) is 1. The summed E-state index contributed by atoms with van der Waals surface area (Å²) in [4.78, 5) is 0. The van der Waals surface area contributed by atoms with Gasteiger partial charge in [0, 0.05) is 0 Å². The first kappa shape index (κ1) is 16.9. The third-order valence-electron chi connectivity index (χ3n) is 3.31. The van der Waals surface area contributed by atoms with Crippen molar-refractivity contribution in [2.45, 2.75) is 58.3 Å². The molecule has 0 heterocycles. The Hall–Kier alpha value is -0.120. The van der Waals surface area contributed by atoms with Crippen LogP contribution < -0.4 is 16.8 Å². The van der Waals surface area contributed by atoms with Gasteiger partial charge in [-0.1, -0.05) is 13.3 Å². The molecular formula is C14H33N3. The minimum absolute atomic E-state index is 0.827. The summed E-state index contributed by atoms with van der Waals surface area (Å²) in [5, 5.41) is 3.50. The average Bonchev–Trinajstić information content (AvgIpc) is 2.35. The molecule has 3 heteroatoms. The van der Waals surface area contributed by atoms with Gasteiger partial charge in [0.25, 0.3) is 0 Å². The Morgan fingerprint density at radius 2 is 1.35 bits per heavy atom. The van der Waals surface area contributed by atoms with Crippen molar-refractivity contribution in [3.8, 4) is 0 Å². The summed E-state index contributed by atoms with van der Waals surface area (Å²) in [5.41, 5.74) is 11.2. The van der Waals surface area contributed by atoms with Crippen LogP contribution in [-0.4, -0.2) is 26.2 Å². The molecule has 0 aromatic rings. The first-order valence-electron chi connectivity index (χ1n) is 7.46. The second kappa shape index (κ2) is 13.9. The predicted octanol–water partition coefficient (Wildman–Crippen LogP) is 2.25. The van der Waals surface area contributed by atoms with Crippen LogP contribution in [0.2, 0.25) is 0 Å². The van der Waals surface area contributed by atoms with Crippen LogP contribution in [0.4, 0.5) is 0 Å². The molecule has 0 rings (SSSR count). The summed E-state index contributed by atoms with van der Waals surface area (Å²) < 4.78 is 0. The van der Waals surface area contributed by atoms with Crippen molar-refractivity contribution in [1.29, 1.82) is 0 Å². The normalized spacial score (nSPS) is 11.3. The monoisotopic (exact) mass is 243 g/mol. The highest BCUT2D eigenvalue weighted by Gasteiger charge is 2.07. The smallest absolute Gasteiger partial charge is 0.00488 e. The van der Waals surface area contributed by atoms with Gasteiger partial charge in [0.15, 0.2) is 0 Å². The van der Waals surface area contributed by atoms with Crippen LogP contribution in [0, 0.1) is 5.92 Å². The van der Waals surface area contributed by atoms with Crippen LogP contribution in [0.25, 0.3) is 0 Å². The molecule has 104 valence electrons. The van der Waals surface area contributed by atoms with E-state index in [9.17, 15) is 0 Å². The molecule has 0 saturated carbocycles. The van der Waals surface area contributed by atoms with E-state index in [1.165, 1.54) is 64.5 Å². The highest BCUT2D eigenvalue weighted by Crippen LogP contribution is 2.18. The molecule has 0 bridgehead atoms. The highest BCUT2D eigenvalue weighted by atomic mass is 14.8. The number of rotatable bonds is 13. The zero-order valence-corrected chi connectivity index (χ0v) is 11.7. The van der Waals surface area contributed by atoms with Crippen LogP contribution >= 0.6 is 0 Å². The van der Waals surface area contributed by atoms with E-state index in [4.69, 9.17) is 11.5 Å². The van der Waals surface area contributed by atoms with Crippen LogP contribution in [0.5, 0.6) is 0 Å². The summed E-state index contributed by atoms with van der Waals surface area (Å²) >= 11 is 0. The van der Waals surface area contributed by atoms with Gasteiger partial charge in [-0.25, -0.2) is 0 Å². The molecule has 17 heavy (non-hydrogen) atoms. The summed E-state index contributed by atoms with van der Waals surface area (Å²) in [6, 6.07) is 0. The topological polar surface area (TPSA) is 64.1 Å². The average molecular weight is 243 g/mol. The summed E-state index contributed by atoms with van der Waals surface area (Å²) in [6.07, 6.45) is 10.1. The van der Waals surface area contributed by atoms with E-state index in [0.717, 1.165) is 19.0 Å². The third-order valence-corrected chi connectivity index (χ3v) is 3.31. The number of nitrogens with two attached hydrogens (primary N) is 2. The van der Waals surface area contributed by atoms with Crippen molar-refractivity contribution in [1.82, 2.24) is 5.32 Å². The van der Waals surface area contributed by atoms with Gasteiger partial charge in [0.05, 0.1) is 0 Å². The van der Waals surface area contributed by atoms with Crippen LogP contribution in [-0.2, 0) is 0 Å².